The summed E-state index contributed by atoms with van der Waals surface area (Å²) in [7, 11) is 0. The molecule has 0 bridgehead atoms. The molecule has 0 saturated carbocycles. The lowest BCUT2D eigenvalue weighted by atomic mass is 10.0. The third-order valence-corrected chi connectivity index (χ3v) is 2.83. The number of aliphatic hydroxyl groups excluding tert-OH is 1. The van der Waals surface area contributed by atoms with Gasteiger partial charge in [-0.15, -0.1) is 0 Å². The zero-order chi connectivity index (χ0) is 18.7. The summed E-state index contributed by atoms with van der Waals surface area (Å²) in [5.74, 6) is -1.56. The zero-order valence-corrected chi connectivity index (χ0v) is 13.2. The molecule has 0 saturated heterocycles. The van der Waals surface area contributed by atoms with Crippen LogP contribution in [0.3, 0.4) is 0 Å². The molecule has 0 aromatic heterocycles. The van der Waals surface area contributed by atoms with E-state index in [1.807, 2.05) is 5.32 Å². The van der Waals surface area contributed by atoms with Gasteiger partial charge in [-0.3, -0.25) is 0 Å². The molecule has 0 aliphatic heterocycles. The maximum Gasteiger partial charge on any atom is 0.416 e. The summed E-state index contributed by atoms with van der Waals surface area (Å²) < 4.78 is 42.4. The Labute approximate surface area is 136 Å². The molecular weight excluding hydrogens is 331 g/mol. The number of halogens is 3. The summed E-state index contributed by atoms with van der Waals surface area (Å²) in [5, 5.41) is 21.2. The van der Waals surface area contributed by atoms with Crippen LogP contribution in [0.25, 0.3) is 0 Å². The van der Waals surface area contributed by atoms with E-state index in [4.69, 9.17) is 9.84 Å². The highest BCUT2D eigenvalue weighted by molar-refractivity contribution is 5.80. The summed E-state index contributed by atoms with van der Waals surface area (Å²) in [5.41, 5.74) is -1.91. The largest absolute Gasteiger partial charge is 0.480 e. The van der Waals surface area contributed by atoms with Crippen molar-refractivity contribution < 1.29 is 37.7 Å². The van der Waals surface area contributed by atoms with Gasteiger partial charge in [0, 0.05) is 0 Å². The number of carboxylic acids is 1. The lowest BCUT2D eigenvalue weighted by Crippen LogP contribution is -2.46. The molecule has 0 fully saturated rings. The minimum absolute atomic E-state index is 0.0912. The van der Waals surface area contributed by atoms with Gasteiger partial charge < -0.3 is 20.3 Å². The van der Waals surface area contributed by atoms with E-state index in [1.54, 1.807) is 20.8 Å². The second-order valence-corrected chi connectivity index (χ2v) is 6.03. The van der Waals surface area contributed by atoms with Crippen molar-refractivity contribution in [1.82, 2.24) is 5.32 Å². The van der Waals surface area contributed by atoms with Crippen LogP contribution in [-0.2, 0) is 15.7 Å². The number of carboxylic acid groups (broad SMARTS) is 1. The predicted octanol–water partition coefficient (Wildman–Crippen LogP) is 2.72. The highest BCUT2D eigenvalue weighted by Crippen LogP contribution is 2.30. The van der Waals surface area contributed by atoms with Gasteiger partial charge in [-0.1, -0.05) is 12.1 Å². The zero-order valence-electron chi connectivity index (χ0n) is 13.2. The van der Waals surface area contributed by atoms with Crippen LogP contribution >= 0.6 is 0 Å². The van der Waals surface area contributed by atoms with E-state index in [-0.39, 0.29) is 5.56 Å². The summed E-state index contributed by atoms with van der Waals surface area (Å²) in [6.45, 7) is 4.69. The molecule has 0 heterocycles. The molecule has 0 radical (unpaired) electrons. The van der Waals surface area contributed by atoms with E-state index in [0.717, 1.165) is 12.1 Å². The maximum atomic E-state index is 12.5. The Hall–Kier alpha value is -2.29. The second-order valence-electron chi connectivity index (χ2n) is 6.03. The van der Waals surface area contributed by atoms with E-state index in [9.17, 15) is 27.9 Å². The molecule has 0 unspecified atom stereocenters. The Balaban J connectivity index is 2.92. The van der Waals surface area contributed by atoms with Gasteiger partial charge in [-0.05, 0) is 38.5 Å². The van der Waals surface area contributed by atoms with Gasteiger partial charge in [0.2, 0.25) is 0 Å². The average molecular weight is 349 g/mol. The summed E-state index contributed by atoms with van der Waals surface area (Å²) in [6.07, 6.45) is -7.37. The fraction of sp³-hybridized carbons (Fsp3) is 0.467. The molecule has 1 aromatic carbocycles. The van der Waals surface area contributed by atoms with E-state index >= 15 is 0 Å². The van der Waals surface area contributed by atoms with Gasteiger partial charge in [0.05, 0.1) is 5.56 Å². The predicted molar refractivity (Wildman–Crippen MR) is 77.2 cm³/mol. The van der Waals surface area contributed by atoms with Crippen LogP contribution in [0, 0.1) is 0 Å². The second kappa shape index (κ2) is 7.08. The van der Waals surface area contributed by atoms with Crippen molar-refractivity contribution in [3.05, 3.63) is 35.4 Å². The Morgan fingerprint density at radius 1 is 1.12 bits per heavy atom. The van der Waals surface area contributed by atoms with E-state index < -0.39 is 41.5 Å². The molecule has 0 spiro atoms. The number of alkyl carbamates (subject to hydrolysis) is 1. The minimum atomic E-state index is -4.55. The smallest absolute Gasteiger partial charge is 0.416 e. The van der Waals surface area contributed by atoms with Gasteiger partial charge in [0.15, 0.2) is 6.04 Å². The van der Waals surface area contributed by atoms with Gasteiger partial charge >= 0.3 is 18.2 Å². The number of aliphatic carboxylic acids is 1. The number of hydrogen-bond acceptors (Lipinski definition) is 4. The number of amides is 1. The van der Waals surface area contributed by atoms with Crippen LogP contribution in [0.2, 0.25) is 0 Å². The van der Waals surface area contributed by atoms with Crippen molar-refractivity contribution in [3.63, 3.8) is 0 Å². The molecule has 3 N–H and O–H groups in total. The number of rotatable bonds is 4. The summed E-state index contributed by atoms with van der Waals surface area (Å²) in [4.78, 5) is 22.9. The standard InChI is InChI=1S/C15H18F3NO5/c1-14(2,3)24-13(23)19-10(12(21)22)11(20)8-4-6-9(7-5-8)15(16,17)18/h4-7,10-11,20H,1-3H3,(H,19,23)(H,21,22)/t10-,11+/m0/s1. The SMILES string of the molecule is CC(C)(C)OC(=O)N[C@H](C(=O)O)[C@H](O)c1ccc(C(F)(F)F)cc1. The molecule has 0 aliphatic rings. The molecule has 6 nitrogen and oxygen atoms in total. The van der Waals surface area contributed by atoms with Crippen LogP contribution in [0.5, 0.6) is 0 Å². The van der Waals surface area contributed by atoms with Gasteiger partial charge in [-0.25, -0.2) is 9.59 Å². The monoisotopic (exact) mass is 349 g/mol. The summed E-state index contributed by atoms with van der Waals surface area (Å²) in [6, 6.07) is 1.53. The first kappa shape index (κ1) is 19.8. The minimum Gasteiger partial charge on any atom is -0.480 e. The Bertz CT molecular complexity index is 593. The number of carbonyl (C=O) groups excluding carboxylic acids is 1. The van der Waals surface area contributed by atoms with Crippen LogP contribution in [-0.4, -0.2) is 33.9 Å². The topological polar surface area (TPSA) is 95.9 Å². The number of alkyl halides is 3. The van der Waals surface area contributed by atoms with Crippen LogP contribution in [0.4, 0.5) is 18.0 Å². The van der Waals surface area contributed by atoms with Gasteiger partial charge in [-0.2, -0.15) is 13.2 Å². The van der Waals surface area contributed by atoms with Crippen molar-refractivity contribution in [2.45, 2.75) is 44.7 Å². The van der Waals surface area contributed by atoms with Crippen molar-refractivity contribution in [3.8, 4) is 0 Å². The molecular formula is C15H18F3NO5. The van der Waals surface area contributed by atoms with Gasteiger partial charge in [0.1, 0.15) is 11.7 Å². The molecule has 1 amide bonds. The summed E-state index contributed by atoms with van der Waals surface area (Å²) >= 11 is 0. The van der Waals surface area contributed by atoms with Crippen molar-refractivity contribution in [2.75, 3.05) is 0 Å². The highest BCUT2D eigenvalue weighted by Gasteiger charge is 2.33. The Morgan fingerprint density at radius 2 is 1.62 bits per heavy atom. The lowest BCUT2D eigenvalue weighted by molar-refractivity contribution is -0.143. The number of aliphatic hydroxyl groups is 1. The van der Waals surface area contributed by atoms with Crippen molar-refractivity contribution >= 4 is 12.1 Å². The molecule has 1 aromatic rings. The van der Waals surface area contributed by atoms with E-state index in [0.29, 0.717) is 12.1 Å². The fourth-order valence-electron chi connectivity index (χ4n) is 1.77. The maximum absolute atomic E-state index is 12.5. The molecule has 134 valence electrons. The number of carbonyl (C=O) groups is 2. The van der Waals surface area contributed by atoms with Crippen LogP contribution < -0.4 is 5.32 Å². The first-order chi connectivity index (χ1) is 10.8. The molecule has 9 heteroatoms. The first-order valence-corrected chi connectivity index (χ1v) is 6.89. The average Bonchev–Trinajstić information content (AvgIpc) is 2.41. The number of benzene rings is 1. The van der Waals surface area contributed by atoms with E-state index in [2.05, 4.69) is 0 Å². The highest BCUT2D eigenvalue weighted by atomic mass is 19.4. The number of nitrogens with one attached hydrogen (secondary N) is 1. The van der Waals surface area contributed by atoms with Crippen LogP contribution in [0.15, 0.2) is 24.3 Å². The molecule has 2 atom stereocenters. The van der Waals surface area contributed by atoms with Crippen molar-refractivity contribution in [1.29, 1.82) is 0 Å². The normalized spacial score (nSPS) is 14.6. The van der Waals surface area contributed by atoms with Crippen molar-refractivity contribution in [2.24, 2.45) is 0 Å². The molecule has 0 aliphatic carbocycles. The molecule has 24 heavy (non-hydrogen) atoms. The first-order valence-electron chi connectivity index (χ1n) is 6.89. The lowest BCUT2D eigenvalue weighted by Gasteiger charge is -2.24. The third-order valence-electron chi connectivity index (χ3n) is 2.83. The number of hydrogen-bond donors (Lipinski definition) is 3. The van der Waals surface area contributed by atoms with Crippen LogP contribution in [0.1, 0.15) is 38.0 Å². The van der Waals surface area contributed by atoms with E-state index in [1.165, 1.54) is 0 Å². The third kappa shape index (κ3) is 5.73. The Kier molecular flexibility index (Phi) is 5.83. The van der Waals surface area contributed by atoms with Gasteiger partial charge in [0.25, 0.3) is 0 Å². The Morgan fingerprint density at radius 3 is 2.00 bits per heavy atom. The molecule has 1 rings (SSSR count). The number of ether oxygens (including phenoxy) is 1. The quantitative estimate of drug-likeness (QED) is 0.777. The fourth-order valence-corrected chi connectivity index (χ4v) is 1.77.